The Morgan fingerprint density at radius 2 is 1.59 bits per heavy atom. The SMILES string of the molecule is COc1ccc(C(C)=NNC(=O)c2ccc(OCc3cccc(C)c3)cc2)cc1. The van der Waals surface area contributed by atoms with Crippen molar-refractivity contribution in [2.45, 2.75) is 20.5 Å². The monoisotopic (exact) mass is 388 g/mol. The van der Waals surface area contributed by atoms with Crippen LogP contribution in [0.2, 0.25) is 0 Å². The minimum Gasteiger partial charge on any atom is -0.497 e. The number of hydrogen-bond acceptors (Lipinski definition) is 4. The van der Waals surface area contributed by atoms with Crippen molar-refractivity contribution in [3.05, 3.63) is 95.1 Å². The van der Waals surface area contributed by atoms with Gasteiger partial charge in [0.25, 0.3) is 5.91 Å². The smallest absolute Gasteiger partial charge is 0.271 e. The standard InChI is InChI=1S/C24H24N2O3/c1-17-5-4-6-19(15-17)16-29-23-13-9-21(10-14-23)24(27)26-25-18(2)20-7-11-22(28-3)12-8-20/h4-15H,16H2,1-3H3,(H,26,27). The Bertz CT molecular complexity index is 993. The van der Waals surface area contributed by atoms with Crippen LogP contribution in [0.25, 0.3) is 0 Å². The summed E-state index contributed by atoms with van der Waals surface area (Å²) in [6.45, 7) is 4.37. The van der Waals surface area contributed by atoms with Crippen LogP contribution in [-0.4, -0.2) is 18.7 Å². The lowest BCUT2D eigenvalue weighted by Crippen LogP contribution is -2.19. The highest BCUT2D eigenvalue weighted by Gasteiger charge is 2.06. The highest BCUT2D eigenvalue weighted by Crippen LogP contribution is 2.15. The second-order valence-corrected chi connectivity index (χ2v) is 6.67. The molecule has 1 N–H and O–H groups in total. The van der Waals surface area contributed by atoms with E-state index in [-0.39, 0.29) is 5.91 Å². The van der Waals surface area contributed by atoms with Crippen LogP contribution in [0.4, 0.5) is 0 Å². The largest absolute Gasteiger partial charge is 0.497 e. The fourth-order valence-electron chi connectivity index (χ4n) is 2.77. The van der Waals surface area contributed by atoms with E-state index in [4.69, 9.17) is 9.47 Å². The Balaban J connectivity index is 1.56. The number of nitrogens with one attached hydrogen (secondary N) is 1. The molecule has 3 rings (SSSR count). The third-order valence-corrected chi connectivity index (χ3v) is 4.44. The summed E-state index contributed by atoms with van der Waals surface area (Å²) in [5, 5.41) is 4.18. The van der Waals surface area contributed by atoms with Crippen LogP contribution in [0.1, 0.15) is 34.0 Å². The zero-order valence-corrected chi connectivity index (χ0v) is 16.8. The molecule has 0 unspecified atom stereocenters. The first-order chi connectivity index (χ1) is 14.0. The number of hydrazone groups is 1. The highest BCUT2D eigenvalue weighted by molar-refractivity contribution is 6.00. The molecule has 0 spiro atoms. The van der Waals surface area contributed by atoms with Crippen molar-refractivity contribution in [2.75, 3.05) is 7.11 Å². The van der Waals surface area contributed by atoms with Gasteiger partial charge in [-0.25, -0.2) is 5.43 Å². The maximum atomic E-state index is 12.3. The summed E-state index contributed by atoms with van der Waals surface area (Å²) in [5.41, 5.74) is 7.02. The lowest BCUT2D eigenvalue weighted by Gasteiger charge is -2.08. The average Bonchev–Trinajstić information content (AvgIpc) is 2.76. The number of benzene rings is 3. The number of ether oxygens (including phenoxy) is 2. The van der Waals surface area contributed by atoms with E-state index in [1.807, 2.05) is 43.3 Å². The third-order valence-electron chi connectivity index (χ3n) is 4.44. The molecular weight excluding hydrogens is 364 g/mol. The van der Waals surface area contributed by atoms with Gasteiger partial charge in [-0.05, 0) is 73.5 Å². The Morgan fingerprint density at radius 1 is 0.931 bits per heavy atom. The molecule has 0 heterocycles. The molecular formula is C24H24N2O3. The summed E-state index contributed by atoms with van der Waals surface area (Å²) >= 11 is 0. The number of rotatable bonds is 7. The highest BCUT2D eigenvalue weighted by atomic mass is 16.5. The van der Waals surface area contributed by atoms with Crippen molar-refractivity contribution >= 4 is 11.6 Å². The number of methoxy groups -OCH3 is 1. The summed E-state index contributed by atoms with van der Waals surface area (Å²) < 4.78 is 10.9. The molecule has 0 aromatic heterocycles. The molecule has 148 valence electrons. The van der Waals surface area contributed by atoms with Crippen LogP contribution in [0, 0.1) is 6.92 Å². The van der Waals surface area contributed by atoms with Crippen LogP contribution in [0.5, 0.6) is 11.5 Å². The molecule has 0 aliphatic heterocycles. The Morgan fingerprint density at radius 3 is 2.24 bits per heavy atom. The van der Waals surface area contributed by atoms with Crippen molar-refractivity contribution in [3.63, 3.8) is 0 Å². The van der Waals surface area contributed by atoms with E-state index in [9.17, 15) is 4.79 Å². The number of carbonyl (C=O) groups excluding carboxylic acids is 1. The third kappa shape index (κ3) is 5.69. The zero-order chi connectivity index (χ0) is 20.6. The predicted octanol–water partition coefficient (Wildman–Crippen LogP) is 4.74. The number of aryl methyl sites for hydroxylation is 1. The predicted molar refractivity (Wildman–Crippen MR) is 115 cm³/mol. The lowest BCUT2D eigenvalue weighted by atomic mass is 10.1. The van der Waals surface area contributed by atoms with Crippen LogP contribution in [0.15, 0.2) is 77.9 Å². The Labute approximate surface area is 171 Å². The first-order valence-corrected chi connectivity index (χ1v) is 9.32. The topological polar surface area (TPSA) is 59.9 Å². The second-order valence-electron chi connectivity index (χ2n) is 6.67. The van der Waals surface area contributed by atoms with Gasteiger partial charge in [0.05, 0.1) is 12.8 Å². The number of nitrogens with zero attached hydrogens (tertiary/aromatic N) is 1. The number of carbonyl (C=O) groups is 1. The molecule has 0 saturated heterocycles. The zero-order valence-electron chi connectivity index (χ0n) is 16.8. The molecule has 0 bridgehead atoms. The van der Waals surface area contributed by atoms with Gasteiger partial charge in [0.2, 0.25) is 0 Å². The van der Waals surface area contributed by atoms with E-state index in [0.717, 1.165) is 16.9 Å². The summed E-state index contributed by atoms with van der Waals surface area (Å²) in [4.78, 5) is 12.3. The van der Waals surface area contributed by atoms with Gasteiger partial charge in [-0.15, -0.1) is 0 Å². The molecule has 0 saturated carbocycles. The maximum absolute atomic E-state index is 12.3. The molecule has 29 heavy (non-hydrogen) atoms. The summed E-state index contributed by atoms with van der Waals surface area (Å²) in [6.07, 6.45) is 0. The molecule has 5 nitrogen and oxygen atoms in total. The fourth-order valence-corrected chi connectivity index (χ4v) is 2.77. The Kier molecular flexibility index (Phi) is 6.63. The molecule has 5 heteroatoms. The van der Waals surface area contributed by atoms with E-state index in [2.05, 4.69) is 29.6 Å². The fraction of sp³-hybridized carbons (Fsp3) is 0.167. The van der Waals surface area contributed by atoms with Crippen molar-refractivity contribution in [1.82, 2.24) is 5.43 Å². The molecule has 0 fully saturated rings. The van der Waals surface area contributed by atoms with Crippen molar-refractivity contribution < 1.29 is 14.3 Å². The van der Waals surface area contributed by atoms with E-state index in [1.165, 1.54) is 5.56 Å². The van der Waals surface area contributed by atoms with E-state index in [0.29, 0.717) is 23.6 Å². The van der Waals surface area contributed by atoms with Crippen molar-refractivity contribution in [3.8, 4) is 11.5 Å². The lowest BCUT2D eigenvalue weighted by molar-refractivity contribution is 0.0955. The van der Waals surface area contributed by atoms with Gasteiger partial charge >= 0.3 is 0 Å². The van der Waals surface area contributed by atoms with Gasteiger partial charge in [0.1, 0.15) is 18.1 Å². The molecule has 1 amide bonds. The average molecular weight is 388 g/mol. The van der Waals surface area contributed by atoms with Crippen LogP contribution in [-0.2, 0) is 6.61 Å². The molecule has 0 aliphatic carbocycles. The number of hydrogen-bond donors (Lipinski definition) is 1. The summed E-state index contributed by atoms with van der Waals surface area (Å²) in [5.74, 6) is 1.21. The minimum absolute atomic E-state index is 0.275. The van der Waals surface area contributed by atoms with Gasteiger partial charge in [0.15, 0.2) is 0 Å². The van der Waals surface area contributed by atoms with Gasteiger partial charge in [-0.3, -0.25) is 4.79 Å². The van der Waals surface area contributed by atoms with Gasteiger partial charge in [-0.1, -0.05) is 29.8 Å². The van der Waals surface area contributed by atoms with Gasteiger partial charge in [-0.2, -0.15) is 5.10 Å². The van der Waals surface area contributed by atoms with Crippen LogP contribution < -0.4 is 14.9 Å². The van der Waals surface area contributed by atoms with Crippen LogP contribution in [0.3, 0.4) is 0 Å². The first-order valence-electron chi connectivity index (χ1n) is 9.32. The van der Waals surface area contributed by atoms with Gasteiger partial charge in [0, 0.05) is 5.56 Å². The molecule has 3 aromatic rings. The molecule has 0 aliphatic rings. The summed E-state index contributed by atoms with van der Waals surface area (Å²) in [6, 6.07) is 22.7. The molecule has 3 aromatic carbocycles. The first kappa shape index (κ1) is 20.1. The number of amides is 1. The Hall–Kier alpha value is -3.60. The second kappa shape index (κ2) is 9.55. The normalized spacial score (nSPS) is 11.1. The van der Waals surface area contributed by atoms with E-state index in [1.54, 1.807) is 31.4 Å². The quantitative estimate of drug-likeness (QED) is 0.470. The molecule has 0 atom stereocenters. The van der Waals surface area contributed by atoms with E-state index < -0.39 is 0 Å². The molecule has 0 radical (unpaired) electrons. The van der Waals surface area contributed by atoms with Crippen molar-refractivity contribution in [2.24, 2.45) is 5.10 Å². The van der Waals surface area contributed by atoms with Gasteiger partial charge < -0.3 is 9.47 Å². The van der Waals surface area contributed by atoms with Crippen molar-refractivity contribution in [1.29, 1.82) is 0 Å². The van der Waals surface area contributed by atoms with Crippen LogP contribution >= 0.6 is 0 Å². The maximum Gasteiger partial charge on any atom is 0.271 e. The summed E-state index contributed by atoms with van der Waals surface area (Å²) in [7, 11) is 1.62. The van der Waals surface area contributed by atoms with E-state index >= 15 is 0 Å². The minimum atomic E-state index is -0.275.